The maximum absolute atomic E-state index is 13.3. The highest BCUT2D eigenvalue weighted by atomic mass is 79.9. The van der Waals surface area contributed by atoms with Crippen molar-refractivity contribution < 1.29 is 27.5 Å². The summed E-state index contributed by atoms with van der Waals surface area (Å²) >= 11 is 3.34. The smallest absolute Gasteiger partial charge is 0.264 e. The summed E-state index contributed by atoms with van der Waals surface area (Å²) < 4.78 is 39.1. The molecule has 12 heteroatoms. The second kappa shape index (κ2) is 14.3. The Balaban J connectivity index is 1.32. The van der Waals surface area contributed by atoms with Gasteiger partial charge in [0.1, 0.15) is 18.0 Å². The minimum absolute atomic E-state index is 0.0599. The molecule has 0 radical (unpaired) electrons. The zero-order valence-electron chi connectivity index (χ0n) is 22.4. The minimum atomic E-state index is -4.02. The van der Waals surface area contributed by atoms with Crippen molar-refractivity contribution >= 4 is 55.4 Å². The summed E-state index contributed by atoms with van der Waals surface area (Å²) in [6.45, 7) is -0.669. The Hall–Kier alpha value is -4.68. The lowest BCUT2D eigenvalue weighted by molar-refractivity contribution is -0.119. The van der Waals surface area contributed by atoms with Crippen LogP contribution in [0, 0.1) is 0 Å². The van der Waals surface area contributed by atoms with Gasteiger partial charge >= 0.3 is 0 Å². The van der Waals surface area contributed by atoms with Gasteiger partial charge in [0.15, 0.2) is 6.61 Å². The number of benzene rings is 4. The van der Waals surface area contributed by atoms with Gasteiger partial charge in [-0.05, 0) is 90.5 Å². The number of hydrogen-bond acceptors (Lipinski definition) is 7. The maximum atomic E-state index is 13.3. The minimum Gasteiger partial charge on any atom is -0.497 e. The molecule has 4 aromatic carbocycles. The fourth-order valence-electron chi connectivity index (χ4n) is 3.66. The zero-order chi connectivity index (χ0) is 30.0. The number of anilines is 2. The molecule has 0 spiro atoms. The van der Waals surface area contributed by atoms with Gasteiger partial charge in [-0.25, -0.2) is 13.8 Å². The molecular weight excluding hydrogens is 624 g/mol. The van der Waals surface area contributed by atoms with E-state index in [1.165, 1.54) is 18.3 Å². The predicted molar refractivity (Wildman–Crippen MR) is 164 cm³/mol. The van der Waals surface area contributed by atoms with Crippen molar-refractivity contribution in [2.24, 2.45) is 5.10 Å². The van der Waals surface area contributed by atoms with E-state index in [4.69, 9.17) is 9.47 Å². The van der Waals surface area contributed by atoms with E-state index in [1.807, 2.05) is 0 Å². The Morgan fingerprint density at radius 3 is 2.14 bits per heavy atom. The Morgan fingerprint density at radius 2 is 1.50 bits per heavy atom. The van der Waals surface area contributed by atoms with Gasteiger partial charge in [0.25, 0.3) is 21.8 Å². The molecule has 0 heterocycles. The molecule has 216 valence electrons. The van der Waals surface area contributed by atoms with Gasteiger partial charge in [0, 0.05) is 10.2 Å². The Labute approximate surface area is 252 Å². The summed E-state index contributed by atoms with van der Waals surface area (Å²) in [5.41, 5.74) is 3.97. The number of nitrogens with one attached hydrogen (secondary N) is 2. The lowest BCUT2D eigenvalue weighted by atomic mass is 10.2. The first kappa shape index (κ1) is 30.3. The van der Waals surface area contributed by atoms with Gasteiger partial charge < -0.3 is 14.8 Å². The molecule has 0 bridgehead atoms. The summed E-state index contributed by atoms with van der Waals surface area (Å²) in [6, 6.07) is 28.1. The average molecular weight is 652 g/mol. The maximum Gasteiger partial charge on any atom is 0.264 e. The lowest BCUT2D eigenvalue weighted by Gasteiger charge is -2.23. The van der Waals surface area contributed by atoms with E-state index in [-0.39, 0.29) is 17.4 Å². The third kappa shape index (κ3) is 8.41. The third-order valence-corrected chi connectivity index (χ3v) is 8.08. The molecule has 4 rings (SSSR count). The van der Waals surface area contributed by atoms with Crippen LogP contribution < -0.4 is 24.5 Å². The van der Waals surface area contributed by atoms with Gasteiger partial charge in [0.05, 0.1) is 23.9 Å². The number of methoxy groups -OCH3 is 1. The van der Waals surface area contributed by atoms with Crippen molar-refractivity contribution in [1.29, 1.82) is 0 Å². The van der Waals surface area contributed by atoms with E-state index >= 15 is 0 Å². The summed E-state index contributed by atoms with van der Waals surface area (Å²) in [5, 5.41) is 6.69. The van der Waals surface area contributed by atoms with Crippen molar-refractivity contribution in [3.05, 3.63) is 113 Å². The number of carbonyl (C=O) groups excluding carboxylic acids is 2. The van der Waals surface area contributed by atoms with Crippen LogP contribution in [0.4, 0.5) is 11.4 Å². The molecule has 0 unspecified atom stereocenters. The van der Waals surface area contributed by atoms with Gasteiger partial charge in [0.2, 0.25) is 0 Å². The van der Waals surface area contributed by atoms with E-state index < -0.39 is 22.5 Å². The molecule has 0 fully saturated rings. The number of hydrogen-bond donors (Lipinski definition) is 2. The van der Waals surface area contributed by atoms with Crippen LogP contribution in [0.1, 0.15) is 5.56 Å². The molecule has 2 amide bonds. The van der Waals surface area contributed by atoms with E-state index in [2.05, 4.69) is 31.8 Å². The standard InChI is InChI=1S/C30H27BrN4O6S/c1-40-26-17-11-24(12-18-26)33-30(37)21-41-27-15-7-22(8-16-27)19-32-34-29(36)20-35(25-13-9-23(31)10-14-25)42(38,39)28-5-3-2-4-6-28/h2-19H,20-21H2,1H3,(H,33,37)(H,34,36)/b32-19-. The largest absolute Gasteiger partial charge is 0.497 e. The second-order valence-electron chi connectivity index (χ2n) is 8.73. The molecule has 2 N–H and O–H groups in total. The molecule has 0 aliphatic rings. The second-order valence-corrected chi connectivity index (χ2v) is 11.5. The Bertz CT molecular complexity index is 1630. The van der Waals surface area contributed by atoms with Crippen LogP contribution in [0.15, 0.2) is 118 Å². The monoisotopic (exact) mass is 650 g/mol. The van der Waals surface area contributed by atoms with E-state index in [0.29, 0.717) is 28.4 Å². The predicted octanol–water partition coefficient (Wildman–Crippen LogP) is 4.82. The number of halogens is 1. The van der Waals surface area contributed by atoms with Crippen LogP contribution in [0.3, 0.4) is 0 Å². The number of nitrogens with zero attached hydrogens (tertiary/aromatic N) is 2. The van der Waals surface area contributed by atoms with E-state index in [9.17, 15) is 18.0 Å². The molecule has 4 aromatic rings. The van der Waals surface area contributed by atoms with Crippen molar-refractivity contribution in [3.63, 3.8) is 0 Å². The first-order chi connectivity index (χ1) is 20.2. The third-order valence-electron chi connectivity index (χ3n) is 5.76. The van der Waals surface area contributed by atoms with Crippen molar-refractivity contribution in [3.8, 4) is 11.5 Å². The number of hydrazone groups is 1. The van der Waals surface area contributed by atoms with Crippen LogP contribution in [-0.2, 0) is 19.6 Å². The zero-order valence-corrected chi connectivity index (χ0v) is 24.8. The number of ether oxygens (including phenoxy) is 2. The van der Waals surface area contributed by atoms with Crippen LogP contribution in [0.5, 0.6) is 11.5 Å². The summed E-state index contributed by atoms with van der Waals surface area (Å²) in [6.07, 6.45) is 1.41. The van der Waals surface area contributed by atoms with Gasteiger partial charge in [-0.1, -0.05) is 34.1 Å². The topological polar surface area (TPSA) is 126 Å². The molecular formula is C30H27BrN4O6S. The summed E-state index contributed by atoms with van der Waals surface area (Å²) in [5.74, 6) is 0.208. The van der Waals surface area contributed by atoms with E-state index in [1.54, 1.807) is 98.1 Å². The highest BCUT2D eigenvalue weighted by molar-refractivity contribution is 9.10. The van der Waals surface area contributed by atoms with Gasteiger partial charge in [-0.15, -0.1) is 0 Å². The highest BCUT2D eigenvalue weighted by Gasteiger charge is 2.27. The average Bonchev–Trinajstić information content (AvgIpc) is 3.01. The van der Waals surface area contributed by atoms with Crippen LogP contribution in [0.2, 0.25) is 0 Å². The number of carbonyl (C=O) groups is 2. The van der Waals surface area contributed by atoms with Crippen LogP contribution in [0.25, 0.3) is 0 Å². The molecule has 0 atom stereocenters. The molecule has 42 heavy (non-hydrogen) atoms. The fraction of sp³-hybridized carbons (Fsp3) is 0.100. The summed E-state index contributed by atoms with van der Waals surface area (Å²) in [7, 11) is -2.45. The Morgan fingerprint density at radius 1 is 0.857 bits per heavy atom. The number of sulfonamides is 1. The SMILES string of the molecule is COc1ccc(NC(=O)COc2ccc(/C=N\NC(=O)CN(c3ccc(Br)cc3)S(=O)(=O)c3ccccc3)cc2)cc1. The summed E-state index contributed by atoms with van der Waals surface area (Å²) in [4.78, 5) is 24.9. The Kier molecular flexibility index (Phi) is 10.3. The highest BCUT2D eigenvalue weighted by Crippen LogP contribution is 2.25. The normalized spacial score (nSPS) is 11.1. The quantitative estimate of drug-likeness (QED) is 0.167. The van der Waals surface area contributed by atoms with Gasteiger partial charge in [-0.3, -0.25) is 13.9 Å². The van der Waals surface area contributed by atoms with Crippen LogP contribution >= 0.6 is 15.9 Å². The molecule has 0 saturated heterocycles. The first-order valence-electron chi connectivity index (χ1n) is 12.6. The van der Waals surface area contributed by atoms with Crippen molar-refractivity contribution in [2.75, 3.05) is 29.9 Å². The molecule has 0 aliphatic carbocycles. The molecule has 0 aromatic heterocycles. The van der Waals surface area contributed by atoms with Crippen molar-refractivity contribution in [1.82, 2.24) is 5.43 Å². The lowest BCUT2D eigenvalue weighted by Crippen LogP contribution is -2.39. The number of rotatable bonds is 12. The number of amides is 2. The molecule has 10 nitrogen and oxygen atoms in total. The fourth-order valence-corrected chi connectivity index (χ4v) is 5.36. The van der Waals surface area contributed by atoms with Crippen molar-refractivity contribution in [2.45, 2.75) is 4.90 Å². The van der Waals surface area contributed by atoms with Crippen LogP contribution in [-0.4, -0.2) is 46.7 Å². The molecule has 0 saturated carbocycles. The van der Waals surface area contributed by atoms with Gasteiger partial charge in [-0.2, -0.15) is 5.10 Å². The first-order valence-corrected chi connectivity index (χ1v) is 14.8. The van der Waals surface area contributed by atoms with E-state index in [0.717, 1.165) is 8.78 Å². The molecule has 0 aliphatic heterocycles.